The summed E-state index contributed by atoms with van der Waals surface area (Å²) in [6.07, 6.45) is 3.79. The third-order valence-electron chi connectivity index (χ3n) is 3.25. The number of fused-ring (bicyclic) bond motifs is 1. The Morgan fingerprint density at radius 2 is 2.20 bits per heavy atom. The summed E-state index contributed by atoms with van der Waals surface area (Å²) in [5.41, 5.74) is 2.50. The molecular formula is C15H14BrN3O. The van der Waals surface area contributed by atoms with Crippen LogP contribution in [0.2, 0.25) is 0 Å². The van der Waals surface area contributed by atoms with Crippen molar-refractivity contribution in [1.82, 2.24) is 9.55 Å². The lowest BCUT2D eigenvalue weighted by molar-refractivity contribution is 0.101. The van der Waals surface area contributed by atoms with Gasteiger partial charge in [-0.1, -0.05) is 0 Å². The zero-order chi connectivity index (χ0) is 14.1. The van der Waals surface area contributed by atoms with Crippen LogP contribution in [0.5, 0.6) is 0 Å². The predicted octanol–water partition coefficient (Wildman–Crippen LogP) is 4.00. The van der Waals surface area contributed by atoms with Crippen molar-refractivity contribution in [2.75, 3.05) is 5.32 Å². The topological polar surface area (TPSA) is 49.8 Å². The molecule has 0 radical (unpaired) electrons. The van der Waals surface area contributed by atoms with Crippen molar-refractivity contribution in [2.45, 2.75) is 13.5 Å². The second-order valence-corrected chi connectivity index (χ2v) is 5.48. The molecule has 2 aromatic heterocycles. The molecule has 0 aliphatic rings. The number of anilines is 1. The van der Waals surface area contributed by atoms with E-state index in [-0.39, 0.29) is 5.91 Å². The molecule has 20 heavy (non-hydrogen) atoms. The molecule has 1 amide bonds. The van der Waals surface area contributed by atoms with Gasteiger partial charge in [-0.05, 0) is 53.2 Å². The smallest absolute Gasteiger partial charge is 0.272 e. The number of halogens is 1. The Morgan fingerprint density at radius 3 is 3.00 bits per heavy atom. The molecule has 1 aromatic carbocycles. The Labute approximate surface area is 124 Å². The van der Waals surface area contributed by atoms with Gasteiger partial charge in [-0.25, -0.2) is 0 Å². The first-order valence-corrected chi connectivity index (χ1v) is 7.21. The van der Waals surface area contributed by atoms with Crippen molar-refractivity contribution >= 4 is 38.4 Å². The summed E-state index contributed by atoms with van der Waals surface area (Å²) in [4.78, 5) is 15.5. The summed E-state index contributed by atoms with van der Waals surface area (Å²) in [6, 6.07) is 9.62. The van der Waals surface area contributed by atoms with Gasteiger partial charge < -0.3 is 14.9 Å². The molecule has 0 unspecified atom stereocenters. The van der Waals surface area contributed by atoms with Crippen LogP contribution in [-0.4, -0.2) is 15.5 Å². The molecule has 0 spiro atoms. The van der Waals surface area contributed by atoms with Crippen LogP contribution in [0.25, 0.3) is 10.9 Å². The summed E-state index contributed by atoms with van der Waals surface area (Å²) in [5, 5.41) is 4.01. The van der Waals surface area contributed by atoms with E-state index < -0.39 is 0 Å². The fourth-order valence-corrected chi connectivity index (χ4v) is 2.72. The van der Waals surface area contributed by atoms with Crippen molar-refractivity contribution in [3.63, 3.8) is 0 Å². The third kappa shape index (κ3) is 2.36. The number of hydrogen-bond acceptors (Lipinski definition) is 1. The third-order valence-corrected chi connectivity index (χ3v) is 3.68. The minimum atomic E-state index is -0.104. The second-order valence-electron chi connectivity index (χ2n) is 4.56. The average molecular weight is 332 g/mol. The van der Waals surface area contributed by atoms with E-state index in [0.717, 1.165) is 27.6 Å². The molecule has 0 aliphatic heterocycles. The van der Waals surface area contributed by atoms with Crippen molar-refractivity contribution in [3.05, 3.63) is 52.9 Å². The van der Waals surface area contributed by atoms with Gasteiger partial charge in [-0.2, -0.15) is 0 Å². The summed E-state index contributed by atoms with van der Waals surface area (Å²) < 4.78 is 2.82. The van der Waals surface area contributed by atoms with Gasteiger partial charge in [0.25, 0.3) is 5.91 Å². The summed E-state index contributed by atoms with van der Waals surface area (Å²) in [5.74, 6) is -0.104. The summed E-state index contributed by atoms with van der Waals surface area (Å²) in [6.45, 7) is 2.76. The molecule has 0 aliphatic carbocycles. The minimum absolute atomic E-state index is 0.104. The highest BCUT2D eigenvalue weighted by molar-refractivity contribution is 9.10. The van der Waals surface area contributed by atoms with Crippen LogP contribution in [0.15, 0.2) is 47.2 Å². The lowest BCUT2D eigenvalue weighted by Crippen LogP contribution is -2.16. The Balaban J connectivity index is 1.87. The number of rotatable bonds is 3. The number of nitrogens with one attached hydrogen (secondary N) is 2. The number of amides is 1. The summed E-state index contributed by atoms with van der Waals surface area (Å²) >= 11 is 3.40. The fraction of sp³-hybridized carbons (Fsp3) is 0.133. The predicted molar refractivity (Wildman–Crippen MR) is 84.1 cm³/mol. The van der Waals surface area contributed by atoms with Gasteiger partial charge >= 0.3 is 0 Å². The quantitative estimate of drug-likeness (QED) is 0.748. The monoisotopic (exact) mass is 331 g/mol. The molecule has 0 saturated heterocycles. The van der Waals surface area contributed by atoms with E-state index >= 15 is 0 Å². The van der Waals surface area contributed by atoms with Gasteiger partial charge in [0, 0.05) is 40.0 Å². The number of benzene rings is 1. The molecule has 3 aromatic rings. The maximum Gasteiger partial charge on any atom is 0.272 e. The molecule has 0 atom stereocenters. The molecular weight excluding hydrogens is 318 g/mol. The van der Waals surface area contributed by atoms with Gasteiger partial charge in [-0.15, -0.1) is 0 Å². The molecule has 4 nitrogen and oxygen atoms in total. The molecule has 5 heteroatoms. The van der Waals surface area contributed by atoms with Crippen LogP contribution in [0.3, 0.4) is 0 Å². The van der Waals surface area contributed by atoms with Gasteiger partial charge in [0.05, 0.1) is 0 Å². The van der Waals surface area contributed by atoms with E-state index in [2.05, 4.69) is 26.2 Å². The van der Waals surface area contributed by atoms with Crippen LogP contribution < -0.4 is 5.32 Å². The zero-order valence-corrected chi connectivity index (χ0v) is 12.6. The first-order valence-electron chi connectivity index (χ1n) is 6.41. The molecule has 3 rings (SSSR count). The number of aromatic amines is 1. The molecule has 0 fully saturated rings. The van der Waals surface area contributed by atoms with Gasteiger partial charge in [0.1, 0.15) is 5.69 Å². The molecule has 0 saturated carbocycles. The SMILES string of the molecule is CCn1cc(Br)cc1C(=O)Nc1ccc2[nH]ccc2c1. The van der Waals surface area contributed by atoms with E-state index in [1.165, 1.54) is 0 Å². The number of H-pyrrole nitrogens is 1. The molecule has 0 bridgehead atoms. The van der Waals surface area contributed by atoms with Gasteiger partial charge in [0.2, 0.25) is 0 Å². The van der Waals surface area contributed by atoms with Gasteiger partial charge in [0.15, 0.2) is 0 Å². The maximum atomic E-state index is 12.3. The number of carbonyl (C=O) groups is 1. The Bertz CT molecular complexity index is 772. The Morgan fingerprint density at radius 1 is 1.35 bits per heavy atom. The van der Waals surface area contributed by atoms with Crippen molar-refractivity contribution < 1.29 is 4.79 Å². The maximum absolute atomic E-state index is 12.3. The fourth-order valence-electron chi connectivity index (χ4n) is 2.25. The van der Waals surface area contributed by atoms with Crippen molar-refractivity contribution in [2.24, 2.45) is 0 Å². The number of hydrogen-bond donors (Lipinski definition) is 2. The lowest BCUT2D eigenvalue weighted by Gasteiger charge is -2.07. The highest BCUT2D eigenvalue weighted by Crippen LogP contribution is 2.20. The largest absolute Gasteiger partial charge is 0.361 e. The molecule has 102 valence electrons. The number of carbonyl (C=O) groups excluding carboxylic acids is 1. The summed E-state index contributed by atoms with van der Waals surface area (Å²) in [7, 11) is 0. The highest BCUT2D eigenvalue weighted by Gasteiger charge is 2.12. The number of aromatic nitrogens is 2. The minimum Gasteiger partial charge on any atom is -0.361 e. The Kier molecular flexibility index (Phi) is 3.36. The van der Waals surface area contributed by atoms with Crippen LogP contribution in [0.1, 0.15) is 17.4 Å². The lowest BCUT2D eigenvalue weighted by atomic mass is 10.2. The van der Waals surface area contributed by atoms with Crippen LogP contribution in [0, 0.1) is 0 Å². The molecule has 2 N–H and O–H groups in total. The van der Waals surface area contributed by atoms with E-state index in [1.54, 1.807) is 0 Å². The first-order chi connectivity index (χ1) is 9.67. The standard InChI is InChI=1S/C15H14BrN3O/c1-2-19-9-11(16)8-14(19)15(20)18-12-3-4-13-10(7-12)5-6-17-13/h3-9,17H,2H2,1H3,(H,18,20). The van der Waals surface area contributed by atoms with Gasteiger partial charge in [-0.3, -0.25) is 4.79 Å². The van der Waals surface area contributed by atoms with Crippen LogP contribution >= 0.6 is 15.9 Å². The first kappa shape index (κ1) is 13.0. The normalized spacial score (nSPS) is 10.9. The van der Waals surface area contributed by atoms with Crippen molar-refractivity contribution in [3.8, 4) is 0 Å². The van der Waals surface area contributed by atoms with E-state index in [1.807, 2.05) is 54.2 Å². The van der Waals surface area contributed by atoms with Crippen molar-refractivity contribution in [1.29, 1.82) is 0 Å². The number of nitrogens with zero attached hydrogens (tertiary/aromatic N) is 1. The zero-order valence-electron chi connectivity index (χ0n) is 11.0. The molecule has 2 heterocycles. The Hall–Kier alpha value is -2.01. The van der Waals surface area contributed by atoms with Crippen LogP contribution in [-0.2, 0) is 6.54 Å². The highest BCUT2D eigenvalue weighted by atomic mass is 79.9. The van der Waals surface area contributed by atoms with E-state index in [9.17, 15) is 4.79 Å². The number of aryl methyl sites for hydroxylation is 1. The average Bonchev–Trinajstić information content (AvgIpc) is 3.03. The van der Waals surface area contributed by atoms with E-state index in [4.69, 9.17) is 0 Å². The van der Waals surface area contributed by atoms with E-state index in [0.29, 0.717) is 5.69 Å². The van der Waals surface area contributed by atoms with Crippen LogP contribution in [0.4, 0.5) is 5.69 Å². The second kappa shape index (κ2) is 5.17.